The molecule has 0 saturated carbocycles. The highest BCUT2D eigenvalue weighted by Crippen LogP contribution is 2.12. The topological polar surface area (TPSA) is 48.3 Å². The first-order valence-corrected chi connectivity index (χ1v) is 5.79. The molecule has 0 amide bonds. The number of fused-ring (bicyclic) bond motifs is 1. The SMILES string of the molecule is COC(=O)CCn1cc(C)c(=O)c2ccccc21. The molecule has 4 heteroatoms. The molecule has 0 fully saturated rings. The molecule has 0 aliphatic rings. The molecule has 0 aliphatic carbocycles. The average Bonchev–Trinajstić information content (AvgIpc) is 2.41. The van der Waals surface area contributed by atoms with E-state index in [1.165, 1.54) is 7.11 Å². The van der Waals surface area contributed by atoms with E-state index in [4.69, 9.17) is 0 Å². The van der Waals surface area contributed by atoms with E-state index in [1.54, 1.807) is 19.2 Å². The van der Waals surface area contributed by atoms with Crippen molar-refractivity contribution in [2.45, 2.75) is 19.9 Å². The summed E-state index contributed by atoms with van der Waals surface area (Å²) in [5, 5.41) is 0.683. The first kappa shape index (κ1) is 12.4. The van der Waals surface area contributed by atoms with E-state index < -0.39 is 0 Å². The van der Waals surface area contributed by atoms with Crippen LogP contribution < -0.4 is 5.43 Å². The summed E-state index contributed by atoms with van der Waals surface area (Å²) in [5.74, 6) is -0.254. The second kappa shape index (κ2) is 5.04. The minimum atomic E-state index is -0.254. The van der Waals surface area contributed by atoms with Crippen molar-refractivity contribution < 1.29 is 9.53 Å². The van der Waals surface area contributed by atoms with E-state index >= 15 is 0 Å². The van der Waals surface area contributed by atoms with E-state index in [0.29, 0.717) is 23.9 Å². The number of para-hydroxylation sites is 1. The third-order valence-corrected chi connectivity index (χ3v) is 2.95. The Bertz CT molecular complexity index is 643. The summed E-state index contributed by atoms with van der Waals surface area (Å²) in [6, 6.07) is 7.41. The molecule has 0 N–H and O–H groups in total. The van der Waals surface area contributed by atoms with Gasteiger partial charge in [0.05, 0.1) is 19.0 Å². The Hall–Kier alpha value is -2.10. The van der Waals surface area contributed by atoms with Crippen molar-refractivity contribution in [2.75, 3.05) is 7.11 Å². The van der Waals surface area contributed by atoms with Crippen LogP contribution in [0, 0.1) is 6.92 Å². The molecule has 1 heterocycles. The van der Waals surface area contributed by atoms with Crippen LogP contribution >= 0.6 is 0 Å². The summed E-state index contributed by atoms with van der Waals surface area (Å²) in [7, 11) is 1.37. The van der Waals surface area contributed by atoms with Crippen molar-refractivity contribution in [2.24, 2.45) is 0 Å². The second-order valence-electron chi connectivity index (χ2n) is 4.18. The van der Waals surface area contributed by atoms with Gasteiger partial charge in [-0.15, -0.1) is 0 Å². The molecule has 1 aromatic heterocycles. The van der Waals surface area contributed by atoms with E-state index in [1.807, 2.05) is 22.8 Å². The number of aryl methyl sites for hydroxylation is 2. The molecule has 1 aromatic carbocycles. The van der Waals surface area contributed by atoms with Crippen molar-refractivity contribution >= 4 is 16.9 Å². The van der Waals surface area contributed by atoms with E-state index in [2.05, 4.69) is 4.74 Å². The van der Waals surface area contributed by atoms with Gasteiger partial charge in [0.25, 0.3) is 0 Å². The number of carbonyl (C=O) groups excluding carboxylic acids is 1. The van der Waals surface area contributed by atoms with Crippen LogP contribution in [0.15, 0.2) is 35.3 Å². The van der Waals surface area contributed by atoms with Crippen LogP contribution in [0.2, 0.25) is 0 Å². The number of rotatable bonds is 3. The summed E-state index contributed by atoms with van der Waals surface area (Å²) in [4.78, 5) is 23.1. The maximum Gasteiger partial charge on any atom is 0.307 e. The van der Waals surface area contributed by atoms with Gasteiger partial charge in [0, 0.05) is 23.7 Å². The smallest absolute Gasteiger partial charge is 0.307 e. The van der Waals surface area contributed by atoms with Crippen molar-refractivity contribution in [3.05, 3.63) is 46.2 Å². The summed E-state index contributed by atoms with van der Waals surface area (Å²) in [5.41, 5.74) is 1.57. The largest absolute Gasteiger partial charge is 0.469 e. The average molecular weight is 245 g/mol. The Kier molecular flexibility index (Phi) is 3.46. The van der Waals surface area contributed by atoms with Gasteiger partial charge in [-0.05, 0) is 19.1 Å². The highest BCUT2D eigenvalue weighted by atomic mass is 16.5. The number of benzene rings is 1. The number of hydrogen-bond donors (Lipinski definition) is 0. The van der Waals surface area contributed by atoms with Crippen molar-refractivity contribution in [3.63, 3.8) is 0 Å². The first-order valence-electron chi connectivity index (χ1n) is 5.79. The van der Waals surface area contributed by atoms with Gasteiger partial charge in [0.2, 0.25) is 0 Å². The molecule has 2 rings (SSSR count). The maximum absolute atomic E-state index is 12.0. The predicted octanol–water partition coefficient (Wildman–Crippen LogP) is 1.87. The molecule has 0 atom stereocenters. The lowest BCUT2D eigenvalue weighted by atomic mass is 10.1. The Morgan fingerprint density at radius 1 is 1.33 bits per heavy atom. The second-order valence-corrected chi connectivity index (χ2v) is 4.18. The fourth-order valence-corrected chi connectivity index (χ4v) is 1.99. The zero-order valence-electron chi connectivity index (χ0n) is 10.5. The zero-order chi connectivity index (χ0) is 13.1. The van der Waals surface area contributed by atoms with Crippen LogP contribution in [-0.4, -0.2) is 17.6 Å². The van der Waals surface area contributed by atoms with Crippen LogP contribution in [0.25, 0.3) is 10.9 Å². The monoisotopic (exact) mass is 245 g/mol. The molecule has 94 valence electrons. The molecular weight excluding hydrogens is 230 g/mol. The number of esters is 1. The molecule has 0 unspecified atom stereocenters. The number of nitrogens with zero attached hydrogens (tertiary/aromatic N) is 1. The Labute approximate surface area is 105 Å². The summed E-state index contributed by atoms with van der Waals surface area (Å²) in [6.07, 6.45) is 2.08. The fraction of sp³-hybridized carbons (Fsp3) is 0.286. The molecule has 0 spiro atoms. The minimum absolute atomic E-state index is 0.0416. The van der Waals surface area contributed by atoms with Gasteiger partial charge < -0.3 is 9.30 Å². The van der Waals surface area contributed by atoms with Crippen LogP contribution in [0.1, 0.15) is 12.0 Å². The van der Waals surface area contributed by atoms with Gasteiger partial charge in [-0.25, -0.2) is 0 Å². The van der Waals surface area contributed by atoms with E-state index in [-0.39, 0.29) is 11.4 Å². The number of hydrogen-bond acceptors (Lipinski definition) is 3. The molecule has 2 aromatic rings. The van der Waals surface area contributed by atoms with Gasteiger partial charge in [-0.3, -0.25) is 9.59 Å². The third kappa shape index (κ3) is 2.27. The molecule has 0 saturated heterocycles. The van der Waals surface area contributed by atoms with Gasteiger partial charge in [-0.2, -0.15) is 0 Å². The standard InChI is InChI=1S/C14H15NO3/c1-10-9-15(8-7-13(16)18-2)12-6-4-3-5-11(12)14(10)17/h3-6,9H,7-8H2,1-2H3. The van der Waals surface area contributed by atoms with E-state index in [0.717, 1.165) is 5.52 Å². The Morgan fingerprint density at radius 2 is 2.06 bits per heavy atom. The fourth-order valence-electron chi connectivity index (χ4n) is 1.99. The molecule has 0 aliphatic heterocycles. The van der Waals surface area contributed by atoms with Gasteiger partial charge in [0.15, 0.2) is 5.43 Å². The van der Waals surface area contributed by atoms with Crippen molar-refractivity contribution in [3.8, 4) is 0 Å². The lowest BCUT2D eigenvalue weighted by Crippen LogP contribution is -2.14. The Morgan fingerprint density at radius 3 is 2.78 bits per heavy atom. The molecular formula is C14H15NO3. The first-order chi connectivity index (χ1) is 8.63. The molecule has 4 nitrogen and oxygen atoms in total. The van der Waals surface area contributed by atoms with Crippen molar-refractivity contribution in [1.29, 1.82) is 0 Å². The molecule has 0 bridgehead atoms. The van der Waals surface area contributed by atoms with Crippen LogP contribution in [-0.2, 0) is 16.1 Å². The number of ether oxygens (including phenoxy) is 1. The lowest BCUT2D eigenvalue weighted by Gasteiger charge is -2.11. The number of carbonyl (C=O) groups is 1. The van der Waals surface area contributed by atoms with E-state index in [9.17, 15) is 9.59 Å². The Balaban J connectivity index is 2.47. The summed E-state index contributed by atoms with van der Waals surface area (Å²) >= 11 is 0. The van der Waals surface area contributed by atoms with Crippen LogP contribution in [0.3, 0.4) is 0 Å². The number of methoxy groups -OCH3 is 1. The van der Waals surface area contributed by atoms with Crippen LogP contribution in [0.5, 0.6) is 0 Å². The quantitative estimate of drug-likeness (QED) is 0.776. The maximum atomic E-state index is 12.0. The van der Waals surface area contributed by atoms with Crippen LogP contribution in [0.4, 0.5) is 0 Å². The third-order valence-electron chi connectivity index (χ3n) is 2.95. The van der Waals surface area contributed by atoms with Gasteiger partial charge in [-0.1, -0.05) is 12.1 Å². The number of pyridine rings is 1. The summed E-state index contributed by atoms with van der Waals surface area (Å²) < 4.78 is 6.54. The van der Waals surface area contributed by atoms with Gasteiger partial charge >= 0.3 is 5.97 Å². The molecule has 18 heavy (non-hydrogen) atoms. The normalized spacial score (nSPS) is 10.6. The number of aromatic nitrogens is 1. The summed E-state index contributed by atoms with van der Waals surface area (Å²) in [6.45, 7) is 2.29. The highest BCUT2D eigenvalue weighted by Gasteiger charge is 2.07. The molecule has 0 radical (unpaired) electrons. The predicted molar refractivity (Wildman–Crippen MR) is 69.6 cm³/mol. The highest BCUT2D eigenvalue weighted by molar-refractivity contribution is 5.79. The lowest BCUT2D eigenvalue weighted by molar-refractivity contribution is -0.140. The van der Waals surface area contributed by atoms with Gasteiger partial charge in [0.1, 0.15) is 0 Å². The zero-order valence-corrected chi connectivity index (χ0v) is 10.5. The minimum Gasteiger partial charge on any atom is -0.469 e. The van der Waals surface area contributed by atoms with Crippen molar-refractivity contribution in [1.82, 2.24) is 4.57 Å².